The van der Waals surface area contributed by atoms with Crippen LogP contribution in [0.1, 0.15) is 16.6 Å². The number of rotatable bonds is 4. The fourth-order valence-electron chi connectivity index (χ4n) is 1.60. The number of hydrogen-bond donors (Lipinski definition) is 2. The molecule has 112 valence electrons. The Hall–Kier alpha value is -1.50. The third-order valence-corrected chi connectivity index (χ3v) is 4.39. The van der Waals surface area contributed by atoms with E-state index < -0.39 is 0 Å². The normalized spacial score (nSPS) is 10.5. The number of carbonyl (C=O) groups excluding carboxylic acids is 1. The fourth-order valence-corrected chi connectivity index (χ4v) is 3.03. The summed E-state index contributed by atoms with van der Waals surface area (Å²) in [6, 6.07) is 4.82. The molecule has 0 bridgehead atoms. The minimum Gasteiger partial charge on any atom is -0.382 e. The van der Waals surface area contributed by atoms with Crippen molar-refractivity contribution in [2.24, 2.45) is 0 Å². The Balaban J connectivity index is 2.22. The predicted octanol–water partition coefficient (Wildman–Crippen LogP) is 3.74. The zero-order valence-electron chi connectivity index (χ0n) is 11.5. The summed E-state index contributed by atoms with van der Waals surface area (Å²) in [4.78, 5) is 18.7. The van der Waals surface area contributed by atoms with Crippen molar-refractivity contribution < 1.29 is 4.79 Å². The van der Waals surface area contributed by atoms with Crippen molar-refractivity contribution >= 4 is 57.1 Å². The Morgan fingerprint density at radius 3 is 2.57 bits per heavy atom. The number of hydrogen-bond acceptors (Lipinski definition) is 5. The Labute approximate surface area is 136 Å². The topological polar surface area (TPSA) is 71.2 Å². The van der Waals surface area contributed by atoms with Crippen LogP contribution >= 0.6 is 34.5 Å². The van der Waals surface area contributed by atoms with E-state index >= 15 is 0 Å². The number of thiazole rings is 1. The molecule has 0 saturated carbocycles. The Morgan fingerprint density at radius 2 is 2.00 bits per heavy atom. The van der Waals surface area contributed by atoms with Crippen LogP contribution in [0.4, 0.5) is 16.6 Å². The van der Waals surface area contributed by atoms with Crippen molar-refractivity contribution in [3.8, 4) is 0 Å². The second-order valence-electron chi connectivity index (χ2n) is 4.34. The average Bonchev–Trinajstić information content (AvgIpc) is 2.78. The molecule has 8 heteroatoms. The van der Waals surface area contributed by atoms with Crippen molar-refractivity contribution in [1.82, 2.24) is 4.98 Å². The number of nitrogens with one attached hydrogen (secondary N) is 1. The third-order valence-electron chi connectivity index (χ3n) is 2.77. The van der Waals surface area contributed by atoms with Gasteiger partial charge < -0.3 is 16.0 Å². The Morgan fingerprint density at radius 1 is 1.38 bits per heavy atom. The molecule has 3 N–H and O–H groups in total. The monoisotopic (exact) mass is 344 g/mol. The first kappa shape index (κ1) is 15.9. The molecule has 1 amide bonds. The summed E-state index contributed by atoms with van der Waals surface area (Å²) in [5, 5.41) is 4.31. The van der Waals surface area contributed by atoms with Crippen LogP contribution in [0.5, 0.6) is 0 Å². The van der Waals surface area contributed by atoms with Crippen LogP contribution in [0.3, 0.4) is 0 Å². The largest absolute Gasteiger partial charge is 0.382 e. The van der Waals surface area contributed by atoms with Crippen molar-refractivity contribution in [2.45, 2.75) is 6.92 Å². The van der Waals surface area contributed by atoms with Gasteiger partial charge in [-0.1, -0.05) is 34.5 Å². The molecule has 0 aliphatic rings. The number of nitrogens with zero attached hydrogens (tertiary/aromatic N) is 2. The highest BCUT2D eigenvalue weighted by atomic mass is 35.5. The van der Waals surface area contributed by atoms with E-state index in [0.29, 0.717) is 25.7 Å². The standard InChI is InChI=1S/C13H14Cl2N4OS/c1-3-19(2)13-18-11(16)10(21-13)12(20)17-9-5-7(14)4-8(15)6-9/h4-6H,3,16H2,1-2H3,(H,17,20). The van der Waals surface area contributed by atoms with E-state index in [9.17, 15) is 4.79 Å². The molecule has 21 heavy (non-hydrogen) atoms. The van der Waals surface area contributed by atoms with Crippen LogP contribution in [-0.4, -0.2) is 24.5 Å². The lowest BCUT2D eigenvalue weighted by Crippen LogP contribution is -2.15. The van der Waals surface area contributed by atoms with E-state index in [0.717, 1.165) is 6.54 Å². The maximum absolute atomic E-state index is 12.3. The van der Waals surface area contributed by atoms with Gasteiger partial charge in [-0.25, -0.2) is 4.98 Å². The highest BCUT2D eigenvalue weighted by Crippen LogP contribution is 2.29. The summed E-state index contributed by atoms with van der Waals surface area (Å²) in [7, 11) is 1.89. The van der Waals surface area contributed by atoms with Crippen LogP contribution in [0.15, 0.2) is 18.2 Å². The summed E-state index contributed by atoms with van der Waals surface area (Å²) < 4.78 is 0. The van der Waals surface area contributed by atoms with Gasteiger partial charge in [-0.2, -0.15) is 0 Å². The number of halogens is 2. The Kier molecular flexibility index (Phi) is 4.92. The van der Waals surface area contributed by atoms with E-state index in [1.165, 1.54) is 11.3 Å². The fraction of sp³-hybridized carbons (Fsp3) is 0.231. The molecule has 0 fully saturated rings. The van der Waals surface area contributed by atoms with Crippen molar-refractivity contribution in [1.29, 1.82) is 0 Å². The molecule has 1 aromatic heterocycles. The molecule has 0 radical (unpaired) electrons. The molecule has 0 spiro atoms. The minimum absolute atomic E-state index is 0.209. The van der Waals surface area contributed by atoms with E-state index in [1.807, 2.05) is 18.9 Å². The lowest BCUT2D eigenvalue weighted by Gasteiger charge is -2.10. The lowest BCUT2D eigenvalue weighted by molar-refractivity contribution is 0.103. The van der Waals surface area contributed by atoms with Crippen molar-refractivity contribution in [2.75, 3.05) is 29.5 Å². The minimum atomic E-state index is -0.334. The third kappa shape index (κ3) is 3.78. The molecule has 2 rings (SSSR count). The van der Waals surface area contributed by atoms with Crippen LogP contribution in [0.2, 0.25) is 10.0 Å². The summed E-state index contributed by atoms with van der Waals surface area (Å²) in [6.07, 6.45) is 0. The van der Waals surface area contributed by atoms with E-state index in [4.69, 9.17) is 28.9 Å². The van der Waals surface area contributed by atoms with Crippen LogP contribution < -0.4 is 16.0 Å². The van der Waals surface area contributed by atoms with Gasteiger partial charge in [-0.15, -0.1) is 0 Å². The maximum atomic E-state index is 12.3. The molecule has 2 aromatic rings. The number of nitrogen functional groups attached to an aromatic ring is 1. The molecule has 0 saturated heterocycles. The van der Waals surface area contributed by atoms with Gasteiger partial charge in [-0.3, -0.25) is 4.79 Å². The summed E-state index contributed by atoms with van der Waals surface area (Å²) >= 11 is 13.0. The molecule has 0 unspecified atom stereocenters. The highest BCUT2D eigenvalue weighted by Gasteiger charge is 2.18. The molecular weight excluding hydrogens is 331 g/mol. The quantitative estimate of drug-likeness (QED) is 0.886. The molecule has 0 atom stereocenters. The highest BCUT2D eigenvalue weighted by molar-refractivity contribution is 7.18. The molecule has 1 heterocycles. The second-order valence-corrected chi connectivity index (χ2v) is 6.19. The van der Waals surface area contributed by atoms with Gasteiger partial charge in [0.05, 0.1) is 0 Å². The first-order chi connectivity index (χ1) is 9.90. The first-order valence-electron chi connectivity index (χ1n) is 6.15. The lowest BCUT2D eigenvalue weighted by atomic mass is 10.3. The molecule has 1 aromatic carbocycles. The van der Waals surface area contributed by atoms with Gasteiger partial charge in [0.15, 0.2) is 5.13 Å². The molecule has 0 aliphatic carbocycles. The average molecular weight is 345 g/mol. The summed E-state index contributed by atoms with van der Waals surface area (Å²) in [5.74, 6) is -0.125. The maximum Gasteiger partial charge on any atom is 0.269 e. The van der Waals surface area contributed by atoms with E-state index in [1.54, 1.807) is 18.2 Å². The summed E-state index contributed by atoms with van der Waals surface area (Å²) in [5.41, 5.74) is 6.32. The van der Waals surface area contributed by atoms with Gasteiger partial charge in [0.2, 0.25) is 0 Å². The zero-order chi connectivity index (χ0) is 15.6. The number of aromatic nitrogens is 1. The predicted molar refractivity (Wildman–Crippen MR) is 89.9 cm³/mol. The van der Waals surface area contributed by atoms with Crippen LogP contribution in [0.25, 0.3) is 0 Å². The molecular formula is C13H14Cl2N4OS. The number of benzene rings is 1. The number of anilines is 3. The van der Waals surface area contributed by atoms with Gasteiger partial charge in [-0.05, 0) is 25.1 Å². The SMILES string of the molecule is CCN(C)c1nc(N)c(C(=O)Nc2cc(Cl)cc(Cl)c2)s1. The molecule has 5 nitrogen and oxygen atoms in total. The first-order valence-corrected chi connectivity index (χ1v) is 7.72. The van der Waals surface area contributed by atoms with Gasteiger partial charge >= 0.3 is 0 Å². The number of amides is 1. The number of carbonyl (C=O) groups is 1. The van der Waals surface area contributed by atoms with Crippen LogP contribution in [-0.2, 0) is 0 Å². The van der Waals surface area contributed by atoms with Gasteiger partial charge in [0.1, 0.15) is 10.7 Å². The van der Waals surface area contributed by atoms with Crippen molar-refractivity contribution in [3.05, 3.63) is 33.1 Å². The second kappa shape index (κ2) is 6.51. The number of nitrogens with two attached hydrogens (primary N) is 1. The van der Waals surface area contributed by atoms with Crippen LogP contribution in [0, 0.1) is 0 Å². The zero-order valence-corrected chi connectivity index (χ0v) is 13.8. The van der Waals surface area contributed by atoms with E-state index in [2.05, 4.69) is 10.3 Å². The molecule has 0 aliphatic heterocycles. The van der Waals surface area contributed by atoms with Crippen molar-refractivity contribution in [3.63, 3.8) is 0 Å². The van der Waals surface area contributed by atoms with Gasteiger partial charge in [0, 0.05) is 29.3 Å². The van der Waals surface area contributed by atoms with E-state index in [-0.39, 0.29) is 11.7 Å². The Bertz CT molecular complexity index is 654. The smallest absolute Gasteiger partial charge is 0.269 e. The summed E-state index contributed by atoms with van der Waals surface area (Å²) in [6.45, 7) is 2.77. The van der Waals surface area contributed by atoms with Gasteiger partial charge in [0.25, 0.3) is 5.91 Å².